The molecule has 0 aliphatic carbocycles. The first-order chi connectivity index (χ1) is 12.4. The maximum absolute atomic E-state index is 13.2. The van der Waals surface area contributed by atoms with Crippen molar-refractivity contribution in [2.45, 2.75) is 25.8 Å². The van der Waals surface area contributed by atoms with Crippen molar-refractivity contribution in [3.05, 3.63) is 69.2 Å². The van der Waals surface area contributed by atoms with Gasteiger partial charge in [-0.1, -0.05) is 37.1 Å². The number of primary amides is 1. The van der Waals surface area contributed by atoms with E-state index in [0.717, 1.165) is 6.42 Å². The van der Waals surface area contributed by atoms with Crippen LogP contribution in [0.15, 0.2) is 47.3 Å². The minimum atomic E-state index is -0.578. The summed E-state index contributed by atoms with van der Waals surface area (Å²) in [5.41, 5.74) is 12.6. The summed E-state index contributed by atoms with van der Waals surface area (Å²) < 4.78 is 1.42. The standard InChI is InChI=1S/C19H19ClN4O2/c1-2-5-14(21)18-23-15-9-4-8-13(20)16(15)19(26)24(18)12-7-3-6-11(10-12)17(22)25/h3-4,6-10,14H,2,5,21H2,1H3,(H2,22,25)/t14-/m0/s1. The van der Waals surface area contributed by atoms with Crippen LogP contribution >= 0.6 is 11.6 Å². The molecule has 26 heavy (non-hydrogen) atoms. The van der Waals surface area contributed by atoms with E-state index in [0.29, 0.717) is 39.4 Å². The second-order valence-electron chi connectivity index (χ2n) is 6.05. The molecule has 0 saturated carbocycles. The summed E-state index contributed by atoms with van der Waals surface area (Å²) in [6.07, 6.45) is 1.50. The maximum atomic E-state index is 13.2. The van der Waals surface area contributed by atoms with Gasteiger partial charge >= 0.3 is 0 Å². The van der Waals surface area contributed by atoms with E-state index in [9.17, 15) is 9.59 Å². The quantitative estimate of drug-likeness (QED) is 0.720. The minimum absolute atomic E-state index is 0.295. The van der Waals surface area contributed by atoms with Crippen molar-refractivity contribution in [1.82, 2.24) is 9.55 Å². The first-order valence-corrected chi connectivity index (χ1v) is 8.68. The number of rotatable bonds is 5. The lowest BCUT2D eigenvalue weighted by Crippen LogP contribution is -2.29. The Morgan fingerprint density at radius 3 is 2.69 bits per heavy atom. The van der Waals surface area contributed by atoms with E-state index >= 15 is 0 Å². The van der Waals surface area contributed by atoms with Gasteiger partial charge in [0.2, 0.25) is 5.91 Å². The van der Waals surface area contributed by atoms with E-state index in [4.69, 9.17) is 23.1 Å². The first kappa shape index (κ1) is 18.1. The van der Waals surface area contributed by atoms with Gasteiger partial charge in [0.15, 0.2) is 0 Å². The highest BCUT2D eigenvalue weighted by molar-refractivity contribution is 6.35. The number of nitrogens with two attached hydrogens (primary N) is 2. The molecule has 0 aliphatic rings. The fraction of sp³-hybridized carbons (Fsp3) is 0.211. The highest BCUT2D eigenvalue weighted by Crippen LogP contribution is 2.24. The molecule has 1 heterocycles. The maximum Gasteiger partial charge on any atom is 0.267 e. The van der Waals surface area contributed by atoms with Gasteiger partial charge in [-0.05, 0) is 36.8 Å². The molecule has 0 spiro atoms. The van der Waals surface area contributed by atoms with E-state index in [1.807, 2.05) is 6.92 Å². The molecule has 6 nitrogen and oxygen atoms in total. The van der Waals surface area contributed by atoms with Crippen molar-refractivity contribution >= 4 is 28.4 Å². The molecule has 4 N–H and O–H groups in total. The fourth-order valence-corrected chi connectivity index (χ4v) is 3.19. The molecule has 0 aliphatic heterocycles. The molecule has 1 amide bonds. The predicted octanol–water partition coefficient (Wildman–Crippen LogP) is 2.94. The molecule has 134 valence electrons. The van der Waals surface area contributed by atoms with E-state index in [2.05, 4.69) is 4.98 Å². The number of hydrogen-bond donors (Lipinski definition) is 2. The highest BCUT2D eigenvalue weighted by Gasteiger charge is 2.19. The zero-order chi connectivity index (χ0) is 18.8. The van der Waals surface area contributed by atoms with Crippen LogP contribution in [0, 0.1) is 0 Å². The first-order valence-electron chi connectivity index (χ1n) is 8.31. The summed E-state index contributed by atoms with van der Waals surface area (Å²) in [6.45, 7) is 2.01. The zero-order valence-electron chi connectivity index (χ0n) is 14.3. The van der Waals surface area contributed by atoms with Gasteiger partial charge in [-0.15, -0.1) is 0 Å². The fourth-order valence-electron chi connectivity index (χ4n) is 2.94. The second-order valence-corrected chi connectivity index (χ2v) is 6.46. The molecule has 0 bridgehead atoms. The van der Waals surface area contributed by atoms with Gasteiger partial charge in [-0.3, -0.25) is 14.2 Å². The third-order valence-corrected chi connectivity index (χ3v) is 4.51. The van der Waals surface area contributed by atoms with Crippen molar-refractivity contribution in [2.24, 2.45) is 11.5 Å². The van der Waals surface area contributed by atoms with Gasteiger partial charge in [0.05, 0.1) is 27.7 Å². The summed E-state index contributed by atoms with van der Waals surface area (Å²) in [4.78, 5) is 29.4. The SMILES string of the molecule is CCC[C@H](N)c1nc2cccc(Cl)c2c(=O)n1-c1cccc(C(N)=O)c1. The lowest BCUT2D eigenvalue weighted by atomic mass is 10.1. The van der Waals surface area contributed by atoms with Crippen molar-refractivity contribution in [3.8, 4) is 5.69 Å². The number of halogens is 1. The third kappa shape index (κ3) is 3.21. The number of amides is 1. The molecule has 0 unspecified atom stereocenters. The lowest BCUT2D eigenvalue weighted by molar-refractivity contribution is 0.1000. The third-order valence-electron chi connectivity index (χ3n) is 4.19. The molecular weight excluding hydrogens is 352 g/mol. The van der Waals surface area contributed by atoms with E-state index in [1.165, 1.54) is 4.57 Å². The number of hydrogen-bond acceptors (Lipinski definition) is 4. The average Bonchev–Trinajstić information content (AvgIpc) is 2.61. The molecule has 3 rings (SSSR count). The smallest absolute Gasteiger partial charge is 0.267 e. The summed E-state index contributed by atoms with van der Waals surface area (Å²) >= 11 is 6.24. The summed E-state index contributed by atoms with van der Waals surface area (Å²) in [5, 5.41) is 0.626. The van der Waals surface area contributed by atoms with Crippen LogP contribution in [-0.4, -0.2) is 15.5 Å². The van der Waals surface area contributed by atoms with Crippen molar-refractivity contribution < 1.29 is 4.79 Å². The second kappa shape index (κ2) is 7.27. The Hall–Kier alpha value is -2.70. The number of nitrogens with zero attached hydrogens (tertiary/aromatic N) is 2. The molecule has 3 aromatic rings. The Kier molecular flexibility index (Phi) is 5.06. The molecule has 2 aromatic carbocycles. The van der Waals surface area contributed by atoms with Crippen molar-refractivity contribution in [3.63, 3.8) is 0 Å². The Morgan fingerprint density at radius 1 is 1.27 bits per heavy atom. The van der Waals surface area contributed by atoms with Gasteiger partial charge in [-0.2, -0.15) is 0 Å². The Bertz CT molecular complexity index is 1050. The monoisotopic (exact) mass is 370 g/mol. The summed E-state index contributed by atoms with van der Waals surface area (Å²) in [6, 6.07) is 11.2. The molecule has 7 heteroatoms. The summed E-state index contributed by atoms with van der Waals surface area (Å²) in [7, 11) is 0. The zero-order valence-corrected chi connectivity index (χ0v) is 15.0. The Balaban J connectivity index is 2.38. The Labute approximate surface area is 155 Å². The van der Waals surface area contributed by atoms with Crippen LogP contribution in [0.2, 0.25) is 5.02 Å². The summed E-state index contributed by atoms with van der Waals surface area (Å²) in [5.74, 6) is -0.153. The number of benzene rings is 2. The van der Waals surface area contributed by atoms with Crippen LogP contribution in [0.3, 0.4) is 0 Å². The number of carbonyl (C=O) groups is 1. The highest BCUT2D eigenvalue weighted by atomic mass is 35.5. The largest absolute Gasteiger partial charge is 0.366 e. The van der Waals surface area contributed by atoms with E-state index in [1.54, 1.807) is 42.5 Å². The van der Waals surface area contributed by atoms with Gasteiger partial charge in [0.1, 0.15) is 5.82 Å². The van der Waals surface area contributed by atoms with Crippen LogP contribution in [0.4, 0.5) is 0 Å². The van der Waals surface area contributed by atoms with E-state index < -0.39 is 11.9 Å². The molecule has 1 atom stereocenters. The molecule has 0 radical (unpaired) electrons. The van der Waals surface area contributed by atoms with E-state index in [-0.39, 0.29) is 5.56 Å². The lowest BCUT2D eigenvalue weighted by Gasteiger charge is -2.18. The number of fused-ring (bicyclic) bond motifs is 1. The topological polar surface area (TPSA) is 104 Å². The van der Waals surface area contributed by atoms with Gasteiger partial charge in [0.25, 0.3) is 5.56 Å². The van der Waals surface area contributed by atoms with Gasteiger partial charge in [0, 0.05) is 5.56 Å². The van der Waals surface area contributed by atoms with Crippen LogP contribution in [-0.2, 0) is 0 Å². The number of carbonyl (C=O) groups excluding carboxylic acids is 1. The molecule has 0 fully saturated rings. The normalized spacial score (nSPS) is 12.3. The average molecular weight is 371 g/mol. The van der Waals surface area contributed by atoms with Gasteiger partial charge < -0.3 is 11.5 Å². The molecule has 1 aromatic heterocycles. The minimum Gasteiger partial charge on any atom is -0.366 e. The van der Waals surface area contributed by atoms with Crippen LogP contribution < -0.4 is 17.0 Å². The number of aromatic nitrogens is 2. The van der Waals surface area contributed by atoms with Crippen molar-refractivity contribution in [2.75, 3.05) is 0 Å². The van der Waals surface area contributed by atoms with Gasteiger partial charge in [-0.25, -0.2) is 4.98 Å². The molecule has 0 saturated heterocycles. The van der Waals surface area contributed by atoms with Crippen molar-refractivity contribution in [1.29, 1.82) is 0 Å². The van der Waals surface area contributed by atoms with Crippen LogP contribution in [0.25, 0.3) is 16.6 Å². The molecular formula is C19H19ClN4O2. The van der Waals surface area contributed by atoms with Crippen LogP contribution in [0.5, 0.6) is 0 Å². The predicted molar refractivity (Wildman–Crippen MR) is 103 cm³/mol. The Morgan fingerprint density at radius 2 is 2.00 bits per heavy atom. The van der Waals surface area contributed by atoms with Crippen LogP contribution in [0.1, 0.15) is 42.0 Å².